The molecule has 4 heterocycles. The number of nitrogens with zero attached hydrogens (tertiary/aromatic N) is 3. The van der Waals surface area contributed by atoms with Crippen LogP contribution in [0.2, 0.25) is 0 Å². The SMILES string of the molecule is COc1ccc(-c2cc(C(=O)N3C[C@@H]4C[C@H](C3)c3cccc(=O)n3C4)c3ccccc3n2)cc1. The first kappa shape index (κ1) is 20.7. The van der Waals surface area contributed by atoms with E-state index < -0.39 is 0 Å². The molecule has 6 heteroatoms. The molecule has 1 saturated heterocycles. The summed E-state index contributed by atoms with van der Waals surface area (Å²) in [6.45, 7) is 1.95. The number of pyridine rings is 2. The van der Waals surface area contributed by atoms with Crippen LogP contribution < -0.4 is 10.3 Å². The van der Waals surface area contributed by atoms with Gasteiger partial charge >= 0.3 is 0 Å². The zero-order chi connectivity index (χ0) is 23.2. The van der Waals surface area contributed by atoms with E-state index in [9.17, 15) is 9.59 Å². The number of likely N-dealkylation sites (tertiary alicyclic amines) is 1. The standard InChI is InChI=1S/C28H25N3O3/c1-34-21-11-9-19(10-12-21)25-14-23(22-5-2-3-6-24(22)29-25)28(33)30-15-18-13-20(17-30)26-7-4-8-27(32)31(26)16-18/h2-12,14,18,20H,13,15-17H2,1H3/t18-,20+/m0/s1. The number of methoxy groups -OCH3 is 1. The first-order valence-corrected chi connectivity index (χ1v) is 11.6. The highest BCUT2D eigenvalue weighted by molar-refractivity contribution is 6.07. The third kappa shape index (κ3) is 3.46. The second kappa shape index (κ2) is 8.13. The maximum atomic E-state index is 13.9. The van der Waals surface area contributed by atoms with Gasteiger partial charge in [0.2, 0.25) is 0 Å². The number of piperidine rings is 1. The molecule has 0 saturated carbocycles. The number of aromatic nitrogens is 2. The van der Waals surface area contributed by atoms with Crippen molar-refractivity contribution in [2.24, 2.45) is 5.92 Å². The fourth-order valence-corrected chi connectivity index (χ4v) is 5.49. The van der Waals surface area contributed by atoms with Crippen LogP contribution in [0.5, 0.6) is 5.75 Å². The molecule has 2 aromatic heterocycles. The lowest BCUT2D eigenvalue weighted by Gasteiger charge is -2.42. The molecule has 6 rings (SSSR count). The number of hydrogen-bond acceptors (Lipinski definition) is 4. The van der Waals surface area contributed by atoms with Crippen molar-refractivity contribution < 1.29 is 9.53 Å². The van der Waals surface area contributed by atoms with Crippen LogP contribution in [-0.2, 0) is 6.54 Å². The molecule has 0 unspecified atom stereocenters. The predicted octanol–water partition coefficient (Wildman–Crippen LogP) is 4.33. The molecule has 2 aliphatic rings. The first-order valence-electron chi connectivity index (χ1n) is 11.6. The van der Waals surface area contributed by atoms with Crippen LogP contribution in [0, 0.1) is 5.92 Å². The lowest BCUT2D eigenvalue weighted by molar-refractivity contribution is 0.0596. The van der Waals surface area contributed by atoms with Crippen LogP contribution >= 0.6 is 0 Å². The van der Waals surface area contributed by atoms with E-state index in [1.807, 2.05) is 76.2 Å². The average Bonchev–Trinajstić information content (AvgIpc) is 2.88. The Kier molecular flexibility index (Phi) is 4.94. The molecule has 6 nitrogen and oxygen atoms in total. The fraction of sp³-hybridized carbons (Fsp3) is 0.250. The van der Waals surface area contributed by atoms with Gasteiger partial charge in [0, 0.05) is 48.3 Å². The van der Waals surface area contributed by atoms with Crippen LogP contribution in [0.15, 0.2) is 77.6 Å². The summed E-state index contributed by atoms with van der Waals surface area (Å²) >= 11 is 0. The summed E-state index contributed by atoms with van der Waals surface area (Å²) in [6, 6.07) is 22.9. The van der Waals surface area contributed by atoms with Gasteiger partial charge < -0.3 is 14.2 Å². The van der Waals surface area contributed by atoms with Gasteiger partial charge in [-0.25, -0.2) is 4.98 Å². The molecule has 0 N–H and O–H groups in total. The van der Waals surface area contributed by atoms with Gasteiger partial charge in [-0.05, 0) is 54.8 Å². The number of benzene rings is 2. The Morgan fingerprint density at radius 2 is 1.79 bits per heavy atom. The molecule has 1 amide bonds. The van der Waals surface area contributed by atoms with E-state index in [-0.39, 0.29) is 23.3 Å². The minimum absolute atomic E-state index is 0.0230. The van der Waals surface area contributed by atoms with Crippen molar-refractivity contribution in [1.82, 2.24) is 14.5 Å². The number of ether oxygens (including phenoxy) is 1. The summed E-state index contributed by atoms with van der Waals surface area (Å²) in [5, 5.41) is 0.858. The number of carbonyl (C=O) groups excluding carboxylic acids is 1. The smallest absolute Gasteiger partial charge is 0.254 e. The van der Waals surface area contributed by atoms with Gasteiger partial charge in [-0.3, -0.25) is 9.59 Å². The molecule has 170 valence electrons. The number of carbonyl (C=O) groups is 1. The Morgan fingerprint density at radius 3 is 2.62 bits per heavy atom. The Bertz CT molecular complexity index is 1460. The molecule has 0 radical (unpaired) electrons. The van der Waals surface area contributed by atoms with Gasteiger partial charge in [0.15, 0.2) is 0 Å². The van der Waals surface area contributed by atoms with Crippen molar-refractivity contribution in [3.63, 3.8) is 0 Å². The average molecular weight is 452 g/mol. The molecule has 2 atom stereocenters. The normalized spacial score (nSPS) is 19.0. The van der Waals surface area contributed by atoms with Gasteiger partial charge in [-0.1, -0.05) is 24.3 Å². The van der Waals surface area contributed by atoms with Crippen molar-refractivity contribution >= 4 is 16.8 Å². The summed E-state index contributed by atoms with van der Waals surface area (Å²) in [4.78, 5) is 33.1. The Balaban J connectivity index is 1.39. The van der Waals surface area contributed by atoms with Crippen molar-refractivity contribution in [2.45, 2.75) is 18.9 Å². The largest absolute Gasteiger partial charge is 0.497 e. The Labute approximate surface area is 197 Å². The second-order valence-corrected chi connectivity index (χ2v) is 9.21. The van der Waals surface area contributed by atoms with Gasteiger partial charge in [0.1, 0.15) is 5.75 Å². The minimum Gasteiger partial charge on any atom is -0.497 e. The zero-order valence-electron chi connectivity index (χ0n) is 19.0. The highest BCUT2D eigenvalue weighted by Crippen LogP contribution is 2.36. The van der Waals surface area contributed by atoms with E-state index in [2.05, 4.69) is 0 Å². The van der Waals surface area contributed by atoms with Crippen LogP contribution in [0.25, 0.3) is 22.2 Å². The highest BCUT2D eigenvalue weighted by atomic mass is 16.5. The summed E-state index contributed by atoms with van der Waals surface area (Å²) < 4.78 is 7.18. The topological polar surface area (TPSA) is 64.4 Å². The van der Waals surface area contributed by atoms with Crippen LogP contribution in [0.1, 0.15) is 28.4 Å². The Hall–Kier alpha value is -3.93. The molecule has 0 spiro atoms. The number of fused-ring (bicyclic) bond motifs is 5. The number of para-hydroxylation sites is 1. The third-order valence-corrected chi connectivity index (χ3v) is 7.10. The fourth-order valence-electron chi connectivity index (χ4n) is 5.49. The summed E-state index contributed by atoms with van der Waals surface area (Å²) in [7, 11) is 1.64. The Morgan fingerprint density at radius 1 is 0.971 bits per heavy atom. The minimum atomic E-state index is 0.0230. The molecule has 4 aromatic rings. The monoisotopic (exact) mass is 451 g/mol. The highest BCUT2D eigenvalue weighted by Gasteiger charge is 2.36. The predicted molar refractivity (Wildman–Crippen MR) is 131 cm³/mol. The van der Waals surface area contributed by atoms with E-state index >= 15 is 0 Å². The molecule has 0 aliphatic carbocycles. The van der Waals surface area contributed by atoms with Crippen molar-refractivity contribution in [3.05, 3.63) is 94.4 Å². The lowest BCUT2D eigenvalue weighted by Crippen LogP contribution is -2.49. The van der Waals surface area contributed by atoms with Crippen LogP contribution in [0.4, 0.5) is 0 Å². The summed E-state index contributed by atoms with van der Waals surface area (Å²) in [5.41, 5.74) is 4.26. The molecule has 2 bridgehead atoms. The lowest BCUT2D eigenvalue weighted by atomic mass is 9.83. The maximum Gasteiger partial charge on any atom is 0.254 e. The van der Waals surface area contributed by atoms with E-state index in [0.717, 1.165) is 40.0 Å². The van der Waals surface area contributed by atoms with Gasteiger partial charge in [0.05, 0.1) is 23.9 Å². The number of hydrogen-bond donors (Lipinski definition) is 0. The first-order chi connectivity index (χ1) is 16.6. The second-order valence-electron chi connectivity index (χ2n) is 9.21. The molecular weight excluding hydrogens is 426 g/mol. The quantitative estimate of drug-likeness (QED) is 0.465. The molecule has 2 aliphatic heterocycles. The number of amides is 1. The van der Waals surface area contributed by atoms with E-state index in [4.69, 9.17) is 9.72 Å². The van der Waals surface area contributed by atoms with E-state index in [1.165, 1.54) is 0 Å². The van der Waals surface area contributed by atoms with Crippen molar-refractivity contribution in [3.8, 4) is 17.0 Å². The molecular formula is C28H25N3O3. The van der Waals surface area contributed by atoms with Crippen LogP contribution in [-0.4, -0.2) is 40.6 Å². The maximum absolute atomic E-state index is 13.9. The van der Waals surface area contributed by atoms with Crippen molar-refractivity contribution in [2.75, 3.05) is 20.2 Å². The zero-order valence-corrected chi connectivity index (χ0v) is 19.0. The van der Waals surface area contributed by atoms with E-state index in [1.54, 1.807) is 13.2 Å². The number of rotatable bonds is 3. The summed E-state index contributed by atoms with van der Waals surface area (Å²) in [5.74, 6) is 1.26. The van der Waals surface area contributed by atoms with Gasteiger partial charge in [-0.2, -0.15) is 0 Å². The van der Waals surface area contributed by atoms with E-state index in [0.29, 0.717) is 25.2 Å². The van der Waals surface area contributed by atoms with Gasteiger partial charge in [0.25, 0.3) is 11.5 Å². The van der Waals surface area contributed by atoms with Crippen molar-refractivity contribution in [1.29, 1.82) is 0 Å². The molecule has 1 fully saturated rings. The third-order valence-electron chi connectivity index (χ3n) is 7.10. The van der Waals surface area contributed by atoms with Gasteiger partial charge in [-0.15, -0.1) is 0 Å². The van der Waals surface area contributed by atoms with Crippen LogP contribution in [0.3, 0.4) is 0 Å². The summed E-state index contributed by atoms with van der Waals surface area (Å²) in [6.07, 6.45) is 1.02. The molecule has 34 heavy (non-hydrogen) atoms. The molecule has 2 aromatic carbocycles.